The van der Waals surface area contributed by atoms with Crippen LogP contribution in [0, 0.1) is 5.92 Å². The van der Waals surface area contributed by atoms with Crippen LogP contribution in [0.15, 0.2) is 24.3 Å². The van der Waals surface area contributed by atoms with Gasteiger partial charge in [0.25, 0.3) is 0 Å². The van der Waals surface area contributed by atoms with Gasteiger partial charge in [-0.25, -0.2) is 0 Å². The molecule has 1 heterocycles. The van der Waals surface area contributed by atoms with E-state index >= 15 is 0 Å². The van der Waals surface area contributed by atoms with Crippen molar-refractivity contribution in [3.8, 4) is 11.5 Å². The average molecular weight is 410 g/mol. The van der Waals surface area contributed by atoms with Crippen molar-refractivity contribution in [3.05, 3.63) is 35.4 Å². The van der Waals surface area contributed by atoms with Crippen LogP contribution in [0.4, 0.5) is 0 Å². The van der Waals surface area contributed by atoms with Crippen molar-refractivity contribution in [2.75, 3.05) is 0 Å². The third kappa shape index (κ3) is 1.24. The second-order valence-electron chi connectivity index (χ2n) is 6.83. The van der Waals surface area contributed by atoms with E-state index < -0.39 is 17.1 Å². The topological polar surface area (TPSA) is 55.8 Å². The second-order valence-corrected chi connectivity index (χ2v) is 7.27. The van der Waals surface area contributed by atoms with Crippen LogP contribution in [-0.4, -0.2) is 22.6 Å². The third-order valence-electron chi connectivity index (χ3n) is 6.11. The van der Waals surface area contributed by atoms with Crippen molar-refractivity contribution < 1.29 is 17.7 Å². The van der Waals surface area contributed by atoms with E-state index in [2.05, 4.69) is 6.07 Å². The Balaban J connectivity index is 1.90. The van der Waals surface area contributed by atoms with Gasteiger partial charge in [0.15, 0.2) is 46.4 Å². The van der Waals surface area contributed by atoms with Crippen LogP contribution < -0.4 is 7.80 Å². The molecular formula is C17H15IO4. The van der Waals surface area contributed by atoms with E-state index in [1.807, 2.05) is 29.1 Å². The van der Waals surface area contributed by atoms with Crippen molar-refractivity contribution >= 4 is 28.8 Å². The summed E-state index contributed by atoms with van der Waals surface area (Å²) in [5.74, 6) is 1.41. The number of halogens is 1. The number of aliphatic hydroxyl groups is 1. The minimum Gasteiger partial charge on any atom is -0.477 e. The molecule has 0 amide bonds. The molecule has 1 aromatic rings. The summed E-state index contributed by atoms with van der Waals surface area (Å²) in [5.41, 5.74) is 0.608. The van der Waals surface area contributed by atoms with Gasteiger partial charge in [0.05, 0.1) is 5.41 Å². The molecule has 2 unspecified atom stereocenters. The molecule has 3 aliphatic carbocycles. The first-order valence-corrected chi connectivity index (χ1v) is 8.57. The predicted octanol–water partition coefficient (Wildman–Crippen LogP) is 2.64. The maximum Gasteiger partial charge on any atom is 0.196 e. The molecule has 0 aromatic heterocycles. The van der Waals surface area contributed by atoms with Crippen LogP contribution in [0.1, 0.15) is 30.4 Å². The van der Waals surface area contributed by atoms with Crippen molar-refractivity contribution in [2.24, 2.45) is 5.92 Å². The molecule has 4 nitrogen and oxygen atoms in total. The summed E-state index contributed by atoms with van der Waals surface area (Å²) in [6.07, 6.45) is 6.26. The van der Waals surface area contributed by atoms with E-state index in [1.54, 1.807) is 6.08 Å². The quantitative estimate of drug-likeness (QED) is 0.724. The fraction of sp³-hybridized carbons (Fsp3) is 0.471. The van der Waals surface area contributed by atoms with Gasteiger partial charge in [-0.15, -0.1) is 0 Å². The molecule has 1 fully saturated rings. The fourth-order valence-electron chi connectivity index (χ4n) is 5.27. The molecule has 1 N–H and O–H groups in total. The molecular weight excluding hydrogens is 395 g/mol. The Hall–Kier alpha value is -1.08. The first-order valence-electron chi connectivity index (χ1n) is 7.69. The Bertz CT molecular complexity index is 742. The summed E-state index contributed by atoms with van der Waals surface area (Å²) in [6, 6.07) is 3.98. The first kappa shape index (κ1) is 13.4. The summed E-state index contributed by atoms with van der Waals surface area (Å²) in [7, 11) is 0. The SMILES string of the molecule is O=C1C=CC2(O)[C@@H]3CCC[C@@]24c2c(ccc(OI)c2OC14)C3. The van der Waals surface area contributed by atoms with E-state index in [0.717, 1.165) is 31.2 Å². The van der Waals surface area contributed by atoms with E-state index in [1.165, 1.54) is 11.6 Å². The van der Waals surface area contributed by atoms with Gasteiger partial charge in [-0.1, -0.05) is 12.5 Å². The lowest BCUT2D eigenvalue weighted by atomic mass is 9.47. The van der Waals surface area contributed by atoms with Crippen LogP contribution in [0.2, 0.25) is 0 Å². The zero-order valence-electron chi connectivity index (χ0n) is 11.8. The van der Waals surface area contributed by atoms with Crippen LogP contribution in [0.3, 0.4) is 0 Å². The van der Waals surface area contributed by atoms with Crippen molar-refractivity contribution in [1.82, 2.24) is 0 Å². The number of hydrogen-bond donors (Lipinski definition) is 1. The Morgan fingerprint density at radius 1 is 1.41 bits per heavy atom. The summed E-state index contributed by atoms with van der Waals surface area (Å²) < 4.78 is 11.5. The van der Waals surface area contributed by atoms with Gasteiger partial charge in [0.2, 0.25) is 0 Å². The first-order chi connectivity index (χ1) is 10.6. The summed E-state index contributed by atoms with van der Waals surface area (Å²) in [4.78, 5) is 12.5. The number of hydrogen-bond acceptors (Lipinski definition) is 4. The molecule has 0 saturated heterocycles. The third-order valence-corrected chi connectivity index (χ3v) is 6.58. The summed E-state index contributed by atoms with van der Waals surface area (Å²) >= 11 is 1.84. The molecule has 5 heteroatoms. The van der Waals surface area contributed by atoms with E-state index in [9.17, 15) is 9.90 Å². The number of carbonyl (C=O) groups is 1. The molecule has 2 bridgehead atoms. The molecule has 1 aliphatic heterocycles. The number of carbonyl (C=O) groups excluding carboxylic acids is 1. The van der Waals surface area contributed by atoms with Crippen LogP contribution in [0.25, 0.3) is 0 Å². The molecule has 0 radical (unpaired) electrons. The Morgan fingerprint density at radius 2 is 2.27 bits per heavy atom. The van der Waals surface area contributed by atoms with E-state index in [-0.39, 0.29) is 11.7 Å². The largest absolute Gasteiger partial charge is 0.477 e. The van der Waals surface area contributed by atoms with E-state index in [4.69, 9.17) is 7.80 Å². The minimum absolute atomic E-state index is 0.0474. The van der Waals surface area contributed by atoms with Gasteiger partial charge in [-0.05, 0) is 49.0 Å². The Labute approximate surface area is 142 Å². The van der Waals surface area contributed by atoms with Crippen molar-refractivity contribution in [2.45, 2.75) is 42.8 Å². The zero-order chi connectivity index (χ0) is 15.1. The fourth-order valence-corrected chi connectivity index (χ4v) is 5.62. The molecule has 1 spiro atoms. The van der Waals surface area contributed by atoms with Crippen LogP contribution in [0.5, 0.6) is 11.5 Å². The highest BCUT2D eigenvalue weighted by molar-refractivity contribution is 14.1. The van der Waals surface area contributed by atoms with Gasteiger partial charge in [0, 0.05) is 5.56 Å². The van der Waals surface area contributed by atoms with Gasteiger partial charge >= 0.3 is 0 Å². The summed E-state index contributed by atoms with van der Waals surface area (Å²) in [5, 5.41) is 11.5. The lowest BCUT2D eigenvalue weighted by Crippen LogP contribution is -2.68. The normalized spacial score (nSPS) is 40.2. The summed E-state index contributed by atoms with van der Waals surface area (Å²) in [6.45, 7) is 0. The standard InChI is InChI=1S/C17H15IO4/c18-22-12-4-3-9-8-10-2-1-6-16-13(9)14(12)21-15(16)11(19)5-7-17(10,16)20/h3-5,7,10,15,20H,1-2,6,8H2/t10-,15?,16+,17?/m1/s1. The van der Waals surface area contributed by atoms with E-state index in [0.29, 0.717) is 11.5 Å². The average Bonchev–Trinajstić information content (AvgIpc) is 2.85. The number of benzene rings is 1. The highest BCUT2D eigenvalue weighted by atomic mass is 127. The molecule has 5 rings (SSSR count). The molecule has 4 atom stereocenters. The molecule has 1 saturated carbocycles. The molecule has 4 aliphatic rings. The number of ether oxygens (including phenoxy) is 1. The predicted molar refractivity (Wildman–Crippen MR) is 87.3 cm³/mol. The highest BCUT2D eigenvalue weighted by Gasteiger charge is 2.70. The van der Waals surface area contributed by atoms with Crippen molar-refractivity contribution in [1.29, 1.82) is 0 Å². The molecule has 114 valence electrons. The monoisotopic (exact) mass is 410 g/mol. The lowest BCUT2D eigenvalue weighted by Gasteiger charge is -2.57. The Kier molecular flexibility index (Phi) is 2.47. The maximum absolute atomic E-state index is 12.5. The minimum atomic E-state index is -0.980. The maximum atomic E-state index is 12.5. The smallest absolute Gasteiger partial charge is 0.196 e. The van der Waals surface area contributed by atoms with Crippen LogP contribution >= 0.6 is 23.0 Å². The second kappa shape index (κ2) is 4.06. The zero-order valence-corrected chi connectivity index (χ0v) is 14.0. The number of rotatable bonds is 1. The highest BCUT2D eigenvalue weighted by Crippen LogP contribution is 2.65. The van der Waals surface area contributed by atoms with Crippen LogP contribution in [-0.2, 0) is 16.6 Å². The van der Waals surface area contributed by atoms with Gasteiger partial charge in [-0.2, -0.15) is 0 Å². The lowest BCUT2D eigenvalue weighted by molar-refractivity contribution is -0.144. The number of ketones is 1. The van der Waals surface area contributed by atoms with Crippen molar-refractivity contribution in [3.63, 3.8) is 0 Å². The molecule has 1 aromatic carbocycles. The molecule has 22 heavy (non-hydrogen) atoms. The van der Waals surface area contributed by atoms with Gasteiger partial charge in [-0.3, -0.25) is 4.79 Å². The Morgan fingerprint density at radius 3 is 3.09 bits per heavy atom. The van der Waals surface area contributed by atoms with Gasteiger partial charge < -0.3 is 12.9 Å². The van der Waals surface area contributed by atoms with Gasteiger partial charge in [0.1, 0.15) is 5.60 Å².